The van der Waals surface area contributed by atoms with E-state index in [9.17, 15) is 9.18 Å². The van der Waals surface area contributed by atoms with Crippen molar-refractivity contribution in [3.63, 3.8) is 0 Å². The minimum Gasteiger partial charge on any atom is -0.362 e. The molecule has 1 fully saturated rings. The third kappa shape index (κ3) is 5.10. The highest BCUT2D eigenvalue weighted by Crippen LogP contribution is 2.28. The normalized spacial score (nSPS) is 18.5. The zero-order valence-corrected chi connectivity index (χ0v) is 17.9. The number of carbonyl (C=O) groups excluding carboxylic acids is 1. The fourth-order valence-electron chi connectivity index (χ4n) is 4.13. The van der Waals surface area contributed by atoms with Crippen LogP contribution >= 0.6 is 0 Å². The molecular weight excluding hydrogens is 393 g/mol. The summed E-state index contributed by atoms with van der Waals surface area (Å²) in [6.07, 6.45) is 4.01. The van der Waals surface area contributed by atoms with E-state index in [1.807, 2.05) is 43.3 Å². The lowest BCUT2D eigenvalue weighted by Crippen LogP contribution is -2.34. The fourth-order valence-corrected chi connectivity index (χ4v) is 4.13. The molecule has 1 aromatic heterocycles. The monoisotopic (exact) mass is 421 g/mol. The van der Waals surface area contributed by atoms with Crippen LogP contribution in [0.4, 0.5) is 16.2 Å². The van der Waals surface area contributed by atoms with Crippen LogP contribution in [0.15, 0.2) is 48.5 Å². The molecular formula is C24H28FN5O. The summed E-state index contributed by atoms with van der Waals surface area (Å²) in [6.45, 7) is 0.610. The lowest BCUT2D eigenvalue weighted by Gasteiger charge is -2.29. The minimum atomic E-state index is -0.396. The average Bonchev–Trinajstić information content (AvgIpc) is 2.77. The van der Waals surface area contributed by atoms with Gasteiger partial charge in [-0.2, -0.15) is 4.98 Å². The summed E-state index contributed by atoms with van der Waals surface area (Å²) < 4.78 is 13.3. The van der Waals surface area contributed by atoms with Crippen molar-refractivity contribution in [2.24, 2.45) is 5.92 Å². The maximum Gasteiger partial charge on any atom is 0.251 e. The number of benzene rings is 2. The number of rotatable bonds is 6. The van der Waals surface area contributed by atoms with Gasteiger partial charge in [-0.05, 0) is 61.9 Å². The van der Waals surface area contributed by atoms with Gasteiger partial charge in [-0.1, -0.05) is 18.2 Å². The van der Waals surface area contributed by atoms with E-state index in [1.165, 1.54) is 12.1 Å². The number of aromatic nitrogens is 2. The first kappa shape index (κ1) is 21.0. The van der Waals surface area contributed by atoms with Crippen LogP contribution < -0.4 is 15.5 Å². The topological polar surface area (TPSA) is 70.2 Å². The number of halogens is 1. The molecule has 1 amide bonds. The van der Waals surface area contributed by atoms with Gasteiger partial charge in [0.25, 0.3) is 5.91 Å². The SMILES string of the molecule is CN(C)c1nc(NC2CCC(CNC(=O)c3cccc(F)c3)CC2)nc2ccccc12. The van der Waals surface area contributed by atoms with Crippen molar-refractivity contribution >= 4 is 28.6 Å². The predicted octanol–water partition coefficient (Wildman–Crippen LogP) is 4.24. The molecule has 6 nitrogen and oxygen atoms in total. The van der Waals surface area contributed by atoms with Gasteiger partial charge in [-0.25, -0.2) is 9.37 Å². The van der Waals surface area contributed by atoms with Crippen molar-refractivity contribution in [1.29, 1.82) is 0 Å². The summed E-state index contributed by atoms with van der Waals surface area (Å²) in [5.41, 5.74) is 1.29. The molecule has 0 spiro atoms. The van der Waals surface area contributed by atoms with E-state index in [-0.39, 0.29) is 5.91 Å². The molecule has 1 aliphatic rings. The maximum atomic E-state index is 13.3. The molecule has 1 heterocycles. The second kappa shape index (κ2) is 9.29. The third-order valence-electron chi connectivity index (χ3n) is 5.82. The van der Waals surface area contributed by atoms with Gasteiger partial charge in [0.2, 0.25) is 5.95 Å². The van der Waals surface area contributed by atoms with Crippen molar-refractivity contribution in [2.75, 3.05) is 30.9 Å². The standard InChI is InChI=1S/C24H28FN5O/c1-30(2)22-20-8-3-4-9-21(20)28-24(29-22)27-19-12-10-16(11-13-19)15-26-23(31)17-6-5-7-18(25)14-17/h3-9,14,16,19H,10-13,15H2,1-2H3,(H,26,31)(H,27,28,29). The first-order chi connectivity index (χ1) is 15.0. The van der Waals surface area contributed by atoms with Gasteiger partial charge in [0, 0.05) is 37.6 Å². The van der Waals surface area contributed by atoms with Crippen molar-refractivity contribution in [3.8, 4) is 0 Å². The molecule has 3 aromatic rings. The van der Waals surface area contributed by atoms with Crippen molar-refractivity contribution in [2.45, 2.75) is 31.7 Å². The molecule has 1 aliphatic carbocycles. The number of nitrogens with zero attached hydrogens (tertiary/aromatic N) is 3. The molecule has 0 saturated heterocycles. The van der Waals surface area contributed by atoms with E-state index in [0.29, 0.717) is 30.0 Å². The first-order valence-electron chi connectivity index (χ1n) is 10.7. The van der Waals surface area contributed by atoms with Crippen molar-refractivity contribution in [1.82, 2.24) is 15.3 Å². The van der Waals surface area contributed by atoms with Gasteiger partial charge in [0.15, 0.2) is 0 Å². The van der Waals surface area contributed by atoms with E-state index in [1.54, 1.807) is 12.1 Å². The van der Waals surface area contributed by atoms with Gasteiger partial charge < -0.3 is 15.5 Å². The third-order valence-corrected chi connectivity index (χ3v) is 5.82. The molecule has 2 N–H and O–H groups in total. The highest BCUT2D eigenvalue weighted by atomic mass is 19.1. The summed E-state index contributed by atoms with van der Waals surface area (Å²) in [4.78, 5) is 23.7. The Hall–Kier alpha value is -3.22. The lowest BCUT2D eigenvalue weighted by molar-refractivity contribution is 0.0943. The second-order valence-electron chi connectivity index (χ2n) is 8.36. The van der Waals surface area contributed by atoms with Gasteiger partial charge in [0.1, 0.15) is 11.6 Å². The average molecular weight is 422 g/mol. The number of para-hydroxylation sites is 1. The molecule has 2 aromatic carbocycles. The van der Waals surface area contributed by atoms with E-state index in [0.717, 1.165) is 42.4 Å². The van der Waals surface area contributed by atoms with Crippen molar-refractivity contribution < 1.29 is 9.18 Å². The van der Waals surface area contributed by atoms with Gasteiger partial charge >= 0.3 is 0 Å². The Morgan fingerprint density at radius 2 is 1.84 bits per heavy atom. The minimum absolute atomic E-state index is 0.222. The summed E-state index contributed by atoms with van der Waals surface area (Å²) in [7, 11) is 3.98. The number of hydrogen-bond acceptors (Lipinski definition) is 5. The smallest absolute Gasteiger partial charge is 0.251 e. The maximum absolute atomic E-state index is 13.3. The molecule has 0 unspecified atom stereocenters. The summed E-state index contributed by atoms with van der Waals surface area (Å²) in [5, 5.41) is 7.49. The molecule has 0 radical (unpaired) electrons. The molecule has 7 heteroatoms. The number of carbonyl (C=O) groups is 1. The summed E-state index contributed by atoms with van der Waals surface area (Å²) >= 11 is 0. The number of fused-ring (bicyclic) bond motifs is 1. The lowest BCUT2D eigenvalue weighted by atomic mass is 9.86. The predicted molar refractivity (Wildman–Crippen MR) is 122 cm³/mol. The molecule has 4 rings (SSSR count). The number of hydrogen-bond donors (Lipinski definition) is 2. The van der Waals surface area contributed by atoms with Crippen LogP contribution in [0.1, 0.15) is 36.0 Å². The zero-order valence-electron chi connectivity index (χ0n) is 17.9. The number of nitrogens with one attached hydrogen (secondary N) is 2. The highest BCUT2D eigenvalue weighted by molar-refractivity contribution is 5.94. The molecule has 1 saturated carbocycles. The Morgan fingerprint density at radius 3 is 2.58 bits per heavy atom. The van der Waals surface area contributed by atoms with Crippen LogP contribution in [-0.2, 0) is 0 Å². The van der Waals surface area contributed by atoms with E-state index in [4.69, 9.17) is 9.97 Å². The van der Waals surface area contributed by atoms with Crippen molar-refractivity contribution in [3.05, 3.63) is 59.9 Å². The van der Waals surface area contributed by atoms with Crippen LogP contribution in [0.5, 0.6) is 0 Å². The second-order valence-corrected chi connectivity index (χ2v) is 8.36. The quantitative estimate of drug-likeness (QED) is 0.623. The van der Waals surface area contributed by atoms with E-state index in [2.05, 4.69) is 10.6 Å². The largest absolute Gasteiger partial charge is 0.362 e. The summed E-state index contributed by atoms with van der Waals surface area (Å²) in [6, 6.07) is 14.1. The fraction of sp³-hybridized carbons (Fsp3) is 0.375. The zero-order chi connectivity index (χ0) is 21.8. The molecule has 162 valence electrons. The molecule has 0 aliphatic heterocycles. The summed E-state index contributed by atoms with van der Waals surface area (Å²) in [5.74, 6) is 1.37. The van der Waals surface area contributed by atoms with Crippen LogP contribution in [0, 0.1) is 11.7 Å². The molecule has 0 bridgehead atoms. The Morgan fingerprint density at radius 1 is 1.06 bits per heavy atom. The van der Waals surface area contributed by atoms with Crippen LogP contribution in [-0.4, -0.2) is 42.6 Å². The Kier molecular flexibility index (Phi) is 6.30. The van der Waals surface area contributed by atoms with Crippen LogP contribution in [0.25, 0.3) is 10.9 Å². The first-order valence-corrected chi connectivity index (χ1v) is 10.7. The Balaban J connectivity index is 1.32. The van der Waals surface area contributed by atoms with Gasteiger partial charge in [0.05, 0.1) is 5.52 Å². The number of anilines is 2. The van der Waals surface area contributed by atoms with Crippen LogP contribution in [0.2, 0.25) is 0 Å². The van der Waals surface area contributed by atoms with E-state index >= 15 is 0 Å². The molecule has 0 atom stereocenters. The Bertz CT molecular complexity index is 1060. The van der Waals surface area contributed by atoms with Crippen LogP contribution in [0.3, 0.4) is 0 Å². The van der Waals surface area contributed by atoms with Gasteiger partial charge in [-0.15, -0.1) is 0 Å². The number of amides is 1. The highest BCUT2D eigenvalue weighted by Gasteiger charge is 2.23. The molecule has 31 heavy (non-hydrogen) atoms. The Labute approximate surface area is 181 Å². The van der Waals surface area contributed by atoms with Gasteiger partial charge in [-0.3, -0.25) is 4.79 Å². The van der Waals surface area contributed by atoms with E-state index < -0.39 is 5.82 Å².